The molecule has 0 bridgehead atoms. The lowest BCUT2D eigenvalue weighted by Gasteiger charge is -2.31. The summed E-state index contributed by atoms with van der Waals surface area (Å²) in [4.78, 5) is 11.4. The van der Waals surface area contributed by atoms with Gasteiger partial charge < -0.3 is 9.47 Å². The smallest absolute Gasteiger partial charge is 0.213 e. The van der Waals surface area contributed by atoms with E-state index < -0.39 is 0 Å². The van der Waals surface area contributed by atoms with Crippen molar-refractivity contribution in [1.29, 1.82) is 0 Å². The van der Waals surface area contributed by atoms with Crippen LogP contribution >= 0.6 is 11.3 Å². The lowest BCUT2D eigenvalue weighted by Crippen LogP contribution is -2.42. The quantitative estimate of drug-likeness (QED) is 0.862. The van der Waals surface area contributed by atoms with E-state index in [9.17, 15) is 0 Å². The zero-order valence-corrected chi connectivity index (χ0v) is 14.0. The zero-order valence-electron chi connectivity index (χ0n) is 13.2. The summed E-state index contributed by atoms with van der Waals surface area (Å²) in [5.74, 6) is 0.678. The van der Waals surface area contributed by atoms with Crippen molar-refractivity contribution in [3.63, 3.8) is 0 Å². The summed E-state index contributed by atoms with van der Waals surface area (Å²) in [5, 5.41) is 3.28. The van der Waals surface area contributed by atoms with Crippen molar-refractivity contribution in [3.8, 4) is 5.88 Å². The molecular formula is C17H21N3O2S. The van der Waals surface area contributed by atoms with Gasteiger partial charge in [-0.2, -0.15) is 0 Å². The van der Waals surface area contributed by atoms with Gasteiger partial charge in [-0.25, -0.2) is 9.97 Å². The van der Waals surface area contributed by atoms with E-state index in [4.69, 9.17) is 9.47 Å². The largest absolute Gasteiger partial charge is 0.470 e. The SMILES string of the molecule is Cc1csc(CN2C[C@@H](Oc3ccccn3)[C@H]3OCCC[C@H]32)n1. The number of thiazole rings is 1. The molecule has 2 aromatic heterocycles. The molecule has 0 radical (unpaired) electrons. The van der Waals surface area contributed by atoms with E-state index in [2.05, 4.69) is 20.2 Å². The van der Waals surface area contributed by atoms with Gasteiger partial charge >= 0.3 is 0 Å². The second-order valence-electron chi connectivity index (χ2n) is 6.18. The first kappa shape index (κ1) is 15.1. The second-order valence-corrected chi connectivity index (χ2v) is 7.12. The number of aromatic nitrogens is 2. The van der Waals surface area contributed by atoms with Gasteiger partial charge in [-0.05, 0) is 25.8 Å². The lowest BCUT2D eigenvalue weighted by atomic mass is 10.0. The molecule has 0 unspecified atom stereocenters. The Bertz CT molecular complexity index is 648. The summed E-state index contributed by atoms with van der Waals surface area (Å²) >= 11 is 1.73. The number of rotatable bonds is 4. The molecule has 0 aromatic carbocycles. The molecule has 2 aliphatic rings. The molecule has 0 spiro atoms. The van der Waals surface area contributed by atoms with Crippen LogP contribution in [0.5, 0.6) is 5.88 Å². The summed E-state index contributed by atoms with van der Waals surface area (Å²) in [5.41, 5.74) is 1.10. The average Bonchev–Trinajstić information content (AvgIpc) is 3.14. The van der Waals surface area contributed by atoms with Crippen LogP contribution in [0.3, 0.4) is 0 Å². The van der Waals surface area contributed by atoms with Gasteiger partial charge in [-0.15, -0.1) is 11.3 Å². The van der Waals surface area contributed by atoms with Crippen molar-refractivity contribution in [2.75, 3.05) is 13.2 Å². The average molecular weight is 331 g/mol. The first-order valence-corrected chi connectivity index (χ1v) is 9.02. The van der Waals surface area contributed by atoms with E-state index >= 15 is 0 Å². The molecule has 0 aliphatic carbocycles. The minimum Gasteiger partial charge on any atom is -0.470 e. The van der Waals surface area contributed by atoms with E-state index in [1.807, 2.05) is 25.1 Å². The minimum absolute atomic E-state index is 0.0382. The van der Waals surface area contributed by atoms with Gasteiger partial charge in [0.15, 0.2) is 0 Å². The number of pyridine rings is 1. The topological polar surface area (TPSA) is 47.5 Å². The highest BCUT2D eigenvalue weighted by Gasteiger charge is 2.45. The standard InChI is InChI=1S/C17H21N3O2S/c1-12-11-23-16(19-12)10-20-9-14(17-13(20)5-4-8-21-17)22-15-6-2-3-7-18-15/h2-3,6-7,11,13-14,17H,4-5,8-10H2,1H3/t13-,14-,17+/m1/s1. The number of aryl methyl sites for hydroxylation is 1. The van der Waals surface area contributed by atoms with Gasteiger partial charge in [-0.3, -0.25) is 4.90 Å². The molecular weight excluding hydrogens is 310 g/mol. The summed E-state index contributed by atoms with van der Waals surface area (Å²) in [6.07, 6.45) is 4.21. The molecule has 122 valence electrons. The van der Waals surface area contributed by atoms with Crippen LogP contribution in [0.15, 0.2) is 29.8 Å². The van der Waals surface area contributed by atoms with Crippen molar-refractivity contribution < 1.29 is 9.47 Å². The number of nitrogens with zero attached hydrogens (tertiary/aromatic N) is 3. The molecule has 2 saturated heterocycles. The molecule has 2 aromatic rings. The van der Waals surface area contributed by atoms with Crippen molar-refractivity contribution >= 4 is 11.3 Å². The summed E-state index contributed by atoms with van der Waals surface area (Å²) in [6, 6.07) is 6.18. The van der Waals surface area contributed by atoms with Gasteiger partial charge in [-0.1, -0.05) is 6.07 Å². The summed E-state index contributed by atoms with van der Waals surface area (Å²) in [7, 11) is 0. The van der Waals surface area contributed by atoms with Crippen molar-refractivity contribution in [1.82, 2.24) is 14.9 Å². The first-order valence-electron chi connectivity index (χ1n) is 8.14. The van der Waals surface area contributed by atoms with Crippen LogP contribution in [0.25, 0.3) is 0 Å². The van der Waals surface area contributed by atoms with E-state index in [-0.39, 0.29) is 12.2 Å². The second kappa shape index (κ2) is 6.55. The third kappa shape index (κ3) is 3.24. The Morgan fingerprint density at radius 2 is 2.39 bits per heavy atom. The molecule has 0 N–H and O–H groups in total. The Morgan fingerprint density at radius 3 is 3.17 bits per heavy atom. The van der Waals surface area contributed by atoms with Crippen LogP contribution in [0.4, 0.5) is 0 Å². The first-order chi connectivity index (χ1) is 11.3. The molecule has 3 atom stereocenters. The number of fused-ring (bicyclic) bond motifs is 1. The number of likely N-dealkylation sites (tertiary alicyclic amines) is 1. The van der Waals surface area contributed by atoms with Crippen LogP contribution in [0.1, 0.15) is 23.5 Å². The molecule has 6 heteroatoms. The Morgan fingerprint density at radius 1 is 1.43 bits per heavy atom. The van der Waals surface area contributed by atoms with Crippen molar-refractivity contribution in [2.24, 2.45) is 0 Å². The molecule has 0 saturated carbocycles. The highest BCUT2D eigenvalue weighted by Crippen LogP contribution is 2.32. The molecule has 23 heavy (non-hydrogen) atoms. The maximum atomic E-state index is 6.12. The monoisotopic (exact) mass is 331 g/mol. The third-order valence-corrected chi connectivity index (χ3v) is 5.45. The van der Waals surface area contributed by atoms with Crippen LogP contribution < -0.4 is 4.74 Å². The Labute approximate surface area is 140 Å². The van der Waals surface area contributed by atoms with E-state index in [0.29, 0.717) is 11.9 Å². The normalized spacial score (nSPS) is 27.8. The van der Waals surface area contributed by atoms with Gasteiger partial charge in [0.1, 0.15) is 17.2 Å². The summed E-state index contributed by atoms with van der Waals surface area (Å²) in [6.45, 7) is 4.62. The van der Waals surface area contributed by atoms with Crippen LogP contribution in [-0.2, 0) is 11.3 Å². The third-order valence-electron chi connectivity index (χ3n) is 4.50. The maximum Gasteiger partial charge on any atom is 0.213 e. The van der Waals surface area contributed by atoms with Crippen molar-refractivity contribution in [3.05, 3.63) is 40.5 Å². The fourth-order valence-corrected chi connectivity index (χ4v) is 4.31. The van der Waals surface area contributed by atoms with Gasteiger partial charge in [0.05, 0.1) is 6.54 Å². The van der Waals surface area contributed by atoms with Crippen LogP contribution in [-0.4, -0.2) is 46.3 Å². The number of hydrogen-bond donors (Lipinski definition) is 0. The van der Waals surface area contributed by atoms with E-state index in [1.165, 1.54) is 5.01 Å². The molecule has 5 nitrogen and oxygen atoms in total. The van der Waals surface area contributed by atoms with Gasteiger partial charge in [0.25, 0.3) is 0 Å². The molecule has 2 fully saturated rings. The Balaban J connectivity index is 1.49. The highest BCUT2D eigenvalue weighted by atomic mass is 32.1. The molecule has 4 heterocycles. The Kier molecular flexibility index (Phi) is 4.29. The number of hydrogen-bond acceptors (Lipinski definition) is 6. The molecule has 0 amide bonds. The maximum absolute atomic E-state index is 6.12. The van der Waals surface area contributed by atoms with E-state index in [0.717, 1.165) is 38.2 Å². The molecule has 2 aliphatic heterocycles. The van der Waals surface area contributed by atoms with E-state index in [1.54, 1.807) is 17.5 Å². The zero-order chi connectivity index (χ0) is 15.6. The highest BCUT2D eigenvalue weighted by molar-refractivity contribution is 7.09. The fourth-order valence-electron chi connectivity index (χ4n) is 3.51. The van der Waals surface area contributed by atoms with Crippen LogP contribution in [0.2, 0.25) is 0 Å². The molecule has 4 rings (SSSR count). The summed E-state index contributed by atoms with van der Waals surface area (Å²) < 4.78 is 12.2. The lowest BCUT2D eigenvalue weighted by molar-refractivity contribution is -0.0479. The predicted molar refractivity (Wildman–Crippen MR) is 88.7 cm³/mol. The Hall–Kier alpha value is -1.50. The van der Waals surface area contributed by atoms with Gasteiger partial charge in [0, 0.05) is 42.5 Å². The minimum atomic E-state index is 0.0382. The van der Waals surface area contributed by atoms with Crippen LogP contribution in [0, 0.1) is 6.92 Å². The van der Waals surface area contributed by atoms with Crippen molar-refractivity contribution in [2.45, 2.75) is 44.6 Å². The fraction of sp³-hybridized carbons (Fsp3) is 0.529. The number of ether oxygens (including phenoxy) is 2. The predicted octanol–water partition coefficient (Wildman–Crippen LogP) is 2.66. The van der Waals surface area contributed by atoms with Gasteiger partial charge in [0.2, 0.25) is 5.88 Å².